The molecule has 1 amide bonds. The van der Waals surface area contributed by atoms with Crippen LogP contribution in [0.4, 0.5) is 0 Å². The average molecular weight is 445 g/mol. The fourth-order valence-electron chi connectivity index (χ4n) is 4.22. The first-order chi connectivity index (χ1) is 15.5. The second-order valence-corrected chi connectivity index (χ2v) is 8.89. The van der Waals surface area contributed by atoms with E-state index in [1.807, 2.05) is 55.2 Å². The van der Waals surface area contributed by atoms with Crippen molar-refractivity contribution >= 4 is 38.4 Å². The van der Waals surface area contributed by atoms with Crippen molar-refractivity contribution in [2.24, 2.45) is 7.05 Å². The van der Waals surface area contributed by atoms with E-state index in [4.69, 9.17) is 4.74 Å². The zero-order valence-corrected chi connectivity index (χ0v) is 19.0. The summed E-state index contributed by atoms with van der Waals surface area (Å²) in [5.41, 5.74) is 4.29. The highest BCUT2D eigenvalue weighted by Gasteiger charge is 2.21. The van der Waals surface area contributed by atoms with Crippen LogP contribution in [0, 0.1) is 6.92 Å². The van der Waals surface area contributed by atoms with Gasteiger partial charge in [-0.2, -0.15) is 5.10 Å². The van der Waals surface area contributed by atoms with Gasteiger partial charge in [0.05, 0.1) is 17.7 Å². The van der Waals surface area contributed by atoms with Crippen LogP contribution < -0.4 is 10.1 Å². The third kappa shape index (κ3) is 3.54. The molecule has 3 heterocycles. The third-order valence-corrected chi connectivity index (χ3v) is 7.10. The molecular formula is C25H24N4O2S. The van der Waals surface area contributed by atoms with E-state index >= 15 is 0 Å². The Hall–Kier alpha value is -3.58. The third-order valence-electron chi connectivity index (χ3n) is 5.90. The van der Waals surface area contributed by atoms with Crippen molar-refractivity contribution in [3.63, 3.8) is 0 Å². The number of ether oxygens (including phenoxy) is 1. The van der Waals surface area contributed by atoms with E-state index in [9.17, 15) is 4.79 Å². The number of amides is 1. The summed E-state index contributed by atoms with van der Waals surface area (Å²) in [5.74, 6) is 0.743. The maximum absolute atomic E-state index is 13.0. The van der Waals surface area contributed by atoms with Gasteiger partial charge in [-0.3, -0.25) is 9.48 Å². The number of aromatic amines is 1. The molecule has 2 aromatic carbocycles. The molecule has 5 aromatic rings. The van der Waals surface area contributed by atoms with Gasteiger partial charge in [-0.1, -0.05) is 30.3 Å². The van der Waals surface area contributed by atoms with E-state index in [-0.39, 0.29) is 11.8 Å². The normalized spacial score (nSPS) is 12.3. The predicted molar refractivity (Wildman–Crippen MR) is 129 cm³/mol. The molecule has 2 N–H and O–H groups in total. The zero-order valence-electron chi connectivity index (χ0n) is 18.2. The lowest BCUT2D eigenvalue weighted by Crippen LogP contribution is -2.28. The number of carbonyl (C=O) groups is 1. The van der Waals surface area contributed by atoms with Crippen molar-refractivity contribution in [2.75, 3.05) is 13.7 Å². The minimum atomic E-state index is -0.0658. The molecule has 0 bridgehead atoms. The molecule has 1 atom stereocenters. The second-order valence-electron chi connectivity index (χ2n) is 7.86. The smallest absolute Gasteiger partial charge is 0.261 e. The molecule has 3 aromatic heterocycles. The molecule has 0 aliphatic rings. The number of rotatable bonds is 6. The number of benzene rings is 2. The number of nitrogens with zero attached hydrogens (tertiary/aromatic N) is 2. The van der Waals surface area contributed by atoms with E-state index in [1.165, 1.54) is 11.3 Å². The molecule has 0 aliphatic heterocycles. The summed E-state index contributed by atoms with van der Waals surface area (Å²) in [6.45, 7) is 2.45. The van der Waals surface area contributed by atoms with Crippen LogP contribution in [0.5, 0.6) is 5.75 Å². The first-order valence-corrected chi connectivity index (χ1v) is 11.3. The first kappa shape index (κ1) is 20.3. The number of carbonyl (C=O) groups excluding carboxylic acids is 1. The summed E-state index contributed by atoms with van der Waals surface area (Å²) in [7, 11) is 3.57. The minimum Gasteiger partial charge on any atom is -0.497 e. The molecule has 0 aliphatic carbocycles. The summed E-state index contributed by atoms with van der Waals surface area (Å²) in [5, 5.41) is 9.78. The fraction of sp³-hybridized carbons (Fsp3) is 0.200. The molecule has 0 saturated heterocycles. The van der Waals surface area contributed by atoms with Crippen LogP contribution in [0.3, 0.4) is 0 Å². The van der Waals surface area contributed by atoms with Crippen molar-refractivity contribution in [3.05, 3.63) is 82.5 Å². The number of hydrogen-bond donors (Lipinski definition) is 2. The van der Waals surface area contributed by atoms with E-state index in [1.54, 1.807) is 7.11 Å². The Balaban J connectivity index is 1.46. The summed E-state index contributed by atoms with van der Waals surface area (Å²) >= 11 is 1.47. The number of thiophene rings is 1. The molecule has 5 rings (SSSR count). The topological polar surface area (TPSA) is 71.9 Å². The molecule has 0 radical (unpaired) electrons. The SMILES string of the molecule is COc1ccc(C(CNC(=O)c2cc3c(C)nn(C)c3s2)c2c[nH]c3ccccc23)cc1. The van der Waals surface area contributed by atoms with Crippen LogP contribution in [0.1, 0.15) is 32.4 Å². The van der Waals surface area contributed by atoms with Crippen molar-refractivity contribution in [2.45, 2.75) is 12.8 Å². The molecule has 162 valence electrons. The Kier molecular flexibility index (Phi) is 5.19. The quantitative estimate of drug-likeness (QED) is 0.387. The van der Waals surface area contributed by atoms with Gasteiger partial charge in [0.15, 0.2) is 0 Å². The van der Waals surface area contributed by atoms with Crippen LogP contribution in [0.15, 0.2) is 60.8 Å². The van der Waals surface area contributed by atoms with Crippen molar-refractivity contribution in [1.29, 1.82) is 0 Å². The van der Waals surface area contributed by atoms with Crippen LogP contribution in [0.2, 0.25) is 0 Å². The fourth-order valence-corrected chi connectivity index (χ4v) is 5.26. The molecule has 6 nitrogen and oxygen atoms in total. The van der Waals surface area contributed by atoms with Gasteiger partial charge in [0.2, 0.25) is 0 Å². The Labute approximate surface area is 189 Å². The van der Waals surface area contributed by atoms with Gasteiger partial charge in [-0.05, 0) is 42.3 Å². The standard InChI is InChI=1S/C25H24N4O2S/c1-15-19-12-23(32-25(19)29(2)28-15)24(30)27-13-20(16-8-10-17(31-3)11-9-16)21-14-26-22-7-5-4-6-18(21)22/h4-12,14,20,26H,13H2,1-3H3,(H,27,30). The lowest BCUT2D eigenvalue weighted by Gasteiger charge is -2.18. The molecule has 0 saturated carbocycles. The Morgan fingerprint density at radius 2 is 1.97 bits per heavy atom. The van der Waals surface area contributed by atoms with Crippen molar-refractivity contribution in [3.8, 4) is 5.75 Å². The summed E-state index contributed by atoms with van der Waals surface area (Å²) < 4.78 is 7.16. The Morgan fingerprint density at radius 3 is 2.72 bits per heavy atom. The highest BCUT2D eigenvalue weighted by Crippen LogP contribution is 2.32. The van der Waals surface area contributed by atoms with E-state index in [0.29, 0.717) is 11.4 Å². The molecular weight excluding hydrogens is 420 g/mol. The first-order valence-electron chi connectivity index (χ1n) is 10.5. The van der Waals surface area contributed by atoms with Crippen LogP contribution in [-0.4, -0.2) is 34.3 Å². The lowest BCUT2D eigenvalue weighted by atomic mass is 9.90. The van der Waals surface area contributed by atoms with Gasteiger partial charge in [0.1, 0.15) is 10.6 Å². The van der Waals surface area contributed by atoms with Crippen LogP contribution in [0.25, 0.3) is 21.1 Å². The highest BCUT2D eigenvalue weighted by molar-refractivity contribution is 7.20. The molecule has 1 unspecified atom stereocenters. The second kappa shape index (κ2) is 8.16. The number of aryl methyl sites for hydroxylation is 2. The van der Waals surface area contributed by atoms with Gasteiger partial charge in [0.25, 0.3) is 5.91 Å². The van der Waals surface area contributed by atoms with Gasteiger partial charge in [0, 0.05) is 42.0 Å². The Morgan fingerprint density at radius 1 is 1.19 bits per heavy atom. The van der Waals surface area contributed by atoms with Crippen LogP contribution in [-0.2, 0) is 7.05 Å². The maximum Gasteiger partial charge on any atom is 0.261 e. The molecule has 0 spiro atoms. The van der Waals surface area contributed by atoms with E-state index < -0.39 is 0 Å². The maximum atomic E-state index is 13.0. The van der Waals surface area contributed by atoms with E-state index in [0.717, 1.165) is 43.7 Å². The minimum absolute atomic E-state index is 0.00112. The Bertz CT molecular complexity index is 1380. The lowest BCUT2D eigenvalue weighted by molar-refractivity contribution is 0.0956. The van der Waals surface area contributed by atoms with Crippen molar-refractivity contribution in [1.82, 2.24) is 20.1 Å². The number of aromatic nitrogens is 3. The number of hydrogen-bond acceptors (Lipinski definition) is 4. The molecule has 32 heavy (non-hydrogen) atoms. The van der Waals surface area contributed by atoms with Gasteiger partial charge >= 0.3 is 0 Å². The number of para-hydroxylation sites is 1. The van der Waals surface area contributed by atoms with Gasteiger partial charge in [-0.25, -0.2) is 0 Å². The zero-order chi connectivity index (χ0) is 22.2. The largest absolute Gasteiger partial charge is 0.497 e. The average Bonchev–Trinajstić information content (AvgIpc) is 3.50. The summed E-state index contributed by atoms with van der Waals surface area (Å²) in [6, 6.07) is 18.2. The van der Waals surface area contributed by atoms with E-state index in [2.05, 4.69) is 39.7 Å². The monoisotopic (exact) mass is 444 g/mol. The van der Waals surface area contributed by atoms with Crippen molar-refractivity contribution < 1.29 is 9.53 Å². The summed E-state index contributed by atoms with van der Waals surface area (Å²) in [6.07, 6.45) is 2.04. The van der Waals surface area contributed by atoms with Gasteiger partial charge in [-0.15, -0.1) is 11.3 Å². The van der Waals surface area contributed by atoms with Gasteiger partial charge < -0.3 is 15.0 Å². The molecule has 0 fully saturated rings. The molecule has 7 heteroatoms. The number of fused-ring (bicyclic) bond motifs is 2. The van der Waals surface area contributed by atoms with Crippen LogP contribution >= 0.6 is 11.3 Å². The predicted octanol–water partition coefficient (Wildman–Crippen LogP) is 5.00. The highest BCUT2D eigenvalue weighted by atomic mass is 32.1. The summed E-state index contributed by atoms with van der Waals surface area (Å²) in [4.78, 5) is 18.1. The number of methoxy groups -OCH3 is 1. The number of H-pyrrole nitrogens is 1. The number of nitrogens with one attached hydrogen (secondary N) is 2.